The van der Waals surface area contributed by atoms with Crippen LogP contribution in [0.4, 0.5) is 0 Å². The Kier molecular flexibility index (Phi) is 5.62. The normalized spacial score (nSPS) is 11.4. The molecule has 0 fully saturated rings. The number of benzene rings is 3. The second-order valence-corrected chi connectivity index (χ2v) is 10.9. The van der Waals surface area contributed by atoms with Crippen molar-refractivity contribution in [2.75, 3.05) is 0 Å². The lowest BCUT2D eigenvalue weighted by atomic mass is 10.3. The SMILES string of the molecule is Cn1c([O-])c(C[P+](c2ccccc2)(c2ccccc2)c2ccccc2)c(=O)n(C)c1=O. The van der Waals surface area contributed by atoms with Gasteiger partial charge in [-0.2, -0.15) is 0 Å². The maximum absolute atomic E-state index is 13.1. The van der Waals surface area contributed by atoms with Crippen LogP contribution in [0.1, 0.15) is 5.56 Å². The third-order valence-electron chi connectivity index (χ3n) is 5.69. The monoisotopic (exact) mass is 430 g/mol. The topological polar surface area (TPSA) is 67.1 Å². The Hall–Kier alpha value is -3.43. The Bertz CT molecular complexity index is 1220. The Balaban J connectivity index is 2.10. The lowest BCUT2D eigenvalue weighted by Crippen LogP contribution is -2.42. The molecule has 0 spiro atoms. The summed E-state index contributed by atoms with van der Waals surface area (Å²) in [6, 6.07) is 30.1. The van der Waals surface area contributed by atoms with E-state index in [1.54, 1.807) is 0 Å². The summed E-state index contributed by atoms with van der Waals surface area (Å²) in [6.45, 7) is 0. The van der Waals surface area contributed by atoms with E-state index in [1.807, 2.05) is 54.6 Å². The number of nitrogens with zero attached hydrogens (tertiary/aromatic N) is 2. The van der Waals surface area contributed by atoms with Crippen LogP contribution in [0.3, 0.4) is 0 Å². The van der Waals surface area contributed by atoms with Crippen LogP contribution in [0.5, 0.6) is 5.88 Å². The van der Waals surface area contributed by atoms with Gasteiger partial charge < -0.3 is 9.67 Å². The van der Waals surface area contributed by atoms with E-state index in [1.165, 1.54) is 14.1 Å². The predicted octanol–water partition coefficient (Wildman–Crippen LogP) is 1.65. The molecule has 0 unspecified atom stereocenters. The van der Waals surface area contributed by atoms with Crippen molar-refractivity contribution >= 4 is 23.2 Å². The van der Waals surface area contributed by atoms with Gasteiger partial charge in [0, 0.05) is 14.1 Å². The minimum absolute atomic E-state index is 0.134. The standard InChI is InChI=1S/C25H23N2O3P/c1-26-23(28)22(24(29)27(2)25(26)30)18-31(19-12-6-3-7-13-19,20-14-8-4-9-15-20)21-16-10-5-11-17-21/h3-17H,18H2,1-2H3. The van der Waals surface area contributed by atoms with Gasteiger partial charge in [0.25, 0.3) is 5.56 Å². The number of hydrogen-bond acceptors (Lipinski definition) is 3. The van der Waals surface area contributed by atoms with Crippen LogP contribution < -0.4 is 32.3 Å². The zero-order valence-electron chi connectivity index (χ0n) is 17.4. The lowest BCUT2D eigenvalue weighted by molar-refractivity contribution is -0.280. The Morgan fingerprint density at radius 3 is 1.45 bits per heavy atom. The summed E-state index contributed by atoms with van der Waals surface area (Å²) in [5.41, 5.74) is -1.00. The molecule has 0 bridgehead atoms. The van der Waals surface area contributed by atoms with E-state index in [0.29, 0.717) is 0 Å². The molecule has 5 nitrogen and oxygen atoms in total. The van der Waals surface area contributed by atoms with E-state index in [2.05, 4.69) is 36.4 Å². The van der Waals surface area contributed by atoms with Crippen molar-refractivity contribution in [2.24, 2.45) is 14.1 Å². The molecular formula is C25H23N2O3P. The van der Waals surface area contributed by atoms with Crippen molar-refractivity contribution in [3.63, 3.8) is 0 Å². The van der Waals surface area contributed by atoms with Crippen molar-refractivity contribution in [1.29, 1.82) is 0 Å². The Labute approximate surface area is 181 Å². The number of aromatic nitrogens is 2. The molecule has 1 aromatic heterocycles. The first kappa shape index (κ1) is 20.8. The lowest BCUT2D eigenvalue weighted by Gasteiger charge is -2.29. The van der Waals surface area contributed by atoms with E-state index in [9.17, 15) is 14.7 Å². The Morgan fingerprint density at radius 1 is 0.677 bits per heavy atom. The average molecular weight is 430 g/mol. The molecule has 0 saturated carbocycles. The van der Waals surface area contributed by atoms with E-state index in [0.717, 1.165) is 25.0 Å². The van der Waals surface area contributed by atoms with Gasteiger partial charge >= 0.3 is 5.69 Å². The first-order chi connectivity index (χ1) is 15.0. The van der Waals surface area contributed by atoms with E-state index < -0.39 is 24.4 Å². The predicted molar refractivity (Wildman–Crippen MR) is 125 cm³/mol. The molecule has 156 valence electrons. The van der Waals surface area contributed by atoms with Gasteiger partial charge in [-0.25, -0.2) is 4.79 Å². The molecule has 1 heterocycles. The third kappa shape index (κ3) is 3.51. The summed E-state index contributed by atoms with van der Waals surface area (Å²) in [6.07, 6.45) is 0.241. The van der Waals surface area contributed by atoms with Crippen molar-refractivity contribution in [3.05, 3.63) is 117 Å². The van der Waals surface area contributed by atoms with Crippen LogP contribution in [-0.4, -0.2) is 9.13 Å². The van der Waals surface area contributed by atoms with Crippen LogP contribution in [-0.2, 0) is 20.3 Å². The van der Waals surface area contributed by atoms with Crippen LogP contribution in [0.2, 0.25) is 0 Å². The molecule has 0 aliphatic heterocycles. The largest absolute Gasteiger partial charge is 0.860 e. The molecule has 0 atom stereocenters. The van der Waals surface area contributed by atoms with Gasteiger partial charge in [-0.15, -0.1) is 0 Å². The minimum atomic E-state index is -2.41. The summed E-state index contributed by atoms with van der Waals surface area (Å²) < 4.78 is 2.04. The molecule has 4 aromatic rings. The highest BCUT2D eigenvalue weighted by molar-refractivity contribution is 7.95. The van der Waals surface area contributed by atoms with Crippen molar-refractivity contribution in [1.82, 2.24) is 9.13 Å². The van der Waals surface area contributed by atoms with Crippen LogP contribution in [0.15, 0.2) is 101 Å². The van der Waals surface area contributed by atoms with Gasteiger partial charge in [0.2, 0.25) is 0 Å². The maximum Gasteiger partial charge on any atom is 0.329 e. The molecule has 0 aliphatic carbocycles. The molecule has 6 heteroatoms. The number of hydrogen-bond donors (Lipinski definition) is 0. The highest BCUT2D eigenvalue weighted by atomic mass is 31.2. The molecule has 0 aliphatic rings. The fraction of sp³-hybridized carbons (Fsp3) is 0.120. The van der Waals surface area contributed by atoms with Crippen LogP contribution in [0, 0.1) is 0 Å². The average Bonchev–Trinajstić information content (AvgIpc) is 2.83. The number of rotatable bonds is 5. The third-order valence-corrected chi connectivity index (χ3v) is 10.0. The Morgan fingerprint density at radius 2 is 1.06 bits per heavy atom. The molecule has 0 radical (unpaired) electrons. The first-order valence-corrected chi connectivity index (χ1v) is 11.9. The maximum atomic E-state index is 13.1. The minimum Gasteiger partial charge on any atom is -0.860 e. The fourth-order valence-electron chi connectivity index (χ4n) is 4.04. The first-order valence-electron chi connectivity index (χ1n) is 9.97. The van der Waals surface area contributed by atoms with E-state index in [4.69, 9.17) is 0 Å². The van der Waals surface area contributed by atoms with Crippen LogP contribution >= 0.6 is 7.26 Å². The highest BCUT2D eigenvalue weighted by Crippen LogP contribution is 2.58. The smallest absolute Gasteiger partial charge is 0.329 e. The zero-order valence-corrected chi connectivity index (χ0v) is 18.3. The zero-order chi connectivity index (χ0) is 22.0. The summed E-state index contributed by atoms with van der Waals surface area (Å²) >= 11 is 0. The van der Waals surface area contributed by atoms with Gasteiger partial charge in [-0.05, 0) is 42.3 Å². The molecule has 0 N–H and O–H groups in total. The van der Waals surface area contributed by atoms with Gasteiger partial charge in [0.1, 0.15) is 29.3 Å². The van der Waals surface area contributed by atoms with E-state index >= 15 is 0 Å². The van der Waals surface area contributed by atoms with Crippen molar-refractivity contribution in [3.8, 4) is 5.88 Å². The summed E-state index contributed by atoms with van der Waals surface area (Å²) in [5, 5.41) is 16.3. The second-order valence-electron chi connectivity index (χ2n) is 7.46. The molecule has 3 aromatic carbocycles. The van der Waals surface area contributed by atoms with E-state index in [-0.39, 0.29) is 11.7 Å². The van der Waals surface area contributed by atoms with Gasteiger partial charge in [0.05, 0.1) is 5.56 Å². The van der Waals surface area contributed by atoms with Gasteiger partial charge in [0.15, 0.2) is 0 Å². The quantitative estimate of drug-likeness (QED) is 0.452. The van der Waals surface area contributed by atoms with Crippen molar-refractivity contribution < 1.29 is 5.11 Å². The van der Waals surface area contributed by atoms with Crippen molar-refractivity contribution in [2.45, 2.75) is 6.16 Å². The highest BCUT2D eigenvalue weighted by Gasteiger charge is 2.46. The van der Waals surface area contributed by atoms with Gasteiger partial charge in [-0.3, -0.25) is 9.36 Å². The fourth-order valence-corrected chi connectivity index (χ4v) is 8.27. The summed E-state index contributed by atoms with van der Waals surface area (Å²) in [5.74, 6) is -0.528. The van der Waals surface area contributed by atoms with Gasteiger partial charge in [-0.1, -0.05) is 54.6 Å². The summed E-state index contributed by atoms with van der Waals surface area (Å²) in [4.78, 5) is 25.4. The molecule has 0 saturated heterocycles. The molecular weight excluding hydrogens is 407 g/mol. The summed E-state index contributed by atoms with van der Waals surface area (Å²) in [7, 11) is 0.423. The molecule has 31 heavy (non-hydrogen) atoms. The molecule has 0 amide bonds. The van der Waals surface area contributed by atoms with Crippen LogP contribution in [0.25, 0.3) is 0 Å². The molecule has 4 rings (SSSR count). The second kappa shape index (κ2) is 8.37.